The van der Waals surface area contributed by atoms with E-state index >= 15 is 0 Å². The summed E-state index contributed by atoms with van der Waals surface area (Å²) in [5.41, 5.74) is 2.19. The number of ether oxygens (including phenoxy) is 1. The zero-order chi connectivity index (χ0) is 23.4. The summed E-state index contributed by atoms with van der Waals surface area (Å²) < 4.78 is 7.08. The summed E-state index contributed by atoms with van der Waals surface area (Å²) in [4.78, 5) is 18.1. The maximum absolute atomic E-state index is 13.3. The first-order valence-electron chi connectivity index (χ1n) is 12.2. The summed E-state index contributed by atoms with van der Waals surface area (Å²) in [6.07, 6.45) is 9.56. The Bertz CT molecular complexity index is 1300. The number of hydrogen-bond acceptors (Lipinski definition) is 5. The molecule has 4 fully saturated rings. The molecular formula is C27H29N5O2. The Morgan fingerprint density at radius 3 is 2.59 bits per heavy atom. The van der Waals surface area contributed by atoms with Gasteiger partial charge in [-0.25, -0.2) is 4.98 Å². The number of carbonyl (C=O) groups is 1. The number of aromatic nitrogens is 3. The minimum atomic E-state index is -0.0321. The van der Waals surface area contributed by atoms with Crippen molar-refractivity contribution in [1.29, 1.82) is 5.26 Å². The van der Waals surface area contributed by atoms with Gasteiger partial charge in [-0.2, -0.15) is 15.0 Å². The molecule has 174 valence electrons. The third-order valence-electron chi connectivity index (χ3n) is 8.28. The largest absolute Gasteiger partial charge is 0.494 e. The number of benzene rings is 1. The van der Waals surface area contributed by atoms with Crippen LogP contribution in [0.4, 0.5) is 5.82 Å². The number of anilines is 1. The van der Waals surface area contributed by atoms with Crippen molar-refractivity contribution in [2.24, 2.45) is 23.2 Å². The molecule has 0 spiro atoms. The molecule has 3 aromatic rings. The molecule has 4 saturated carbocycles. The van der Waals surface area contributed by atoms with Crippen LogP contribution in [0.1, 0.15) is 56.1 Å². The van der Waals surface area contributed by atoms with E-state index in [0.29, 0.717) is 29.4 Å². The van der Waals surface area contributed by atoms with Crippen molar-refractivity contribution < 1.29 is 9.53 Å². The fourth-order valence-electron chi connectivity index (χ4n) is 7.39. The normalized spacial score (nSPS) is 27.0. The minimum Gasteiger partial charge on any atom is -0.494 e. The van der Waals surface area contributed by atoms with Gasteiger partial charge in [0.05, 0.1) is 13.3 Å². The van der Waals surface area contributed by atoms with Crippen molar-refractivity contribution in [3.8, 4) is 17.6 Å². The molecule has 1 aromatic carbocycles. The third kappa shape index (κ3) is 3.44. The molecule has 0 radical (unpaired) electrons. The number of rotatable bonds is 5. The average Bonchev–Trinajstić information content (AvgIpc) is 3.19. The van der Waals surface area contributed by atoms with E-state index in [-0.39, 0.29) is 11.3 Å². The van der Waals surface area contributed by atoms with Gasteiger partial charge in [0.25, 0.3) is 0 Å². The van der Waals surface area contributed by atoms with Crippen molar-refractivity contribution in [3.63, 3.8) is 0 Å². The monoisotopic (exact) mass is 455 g/mol. The average molecular weight is 456 g/mol. The molecule has 0 aliphatic heterocycles. The molecule has 7 nitrogen and oxygen atoms in total. The number of aryl methyl sites for hydroxylation is 1. The SMILES string of the molecule is COc1cccc2c(C)cc(-n3ncc(C#N)c3NC(=O)CC34CC5CC(CC(C5)C3)C4)nc12. The summed E-state index contributed by atoms with van der Waals surface area (Å²) in [5.74, 6) is 3.94. The topological polar surface area (TPSA) is 92.8 Å². The zero-order valence-electron chi connectivity index (χ0n) is 19.7. The second-order valence-corrected chi connectivity index (χ2v) is 10.7. The zero-order valence-corrected chi connectivity index (χ0v) is 19.7. The lowest BCUT2D eigenvalue weighted by atomic mass is 9.49. The van der Waals surface area contributed by atoms with Gasteiger partial charge in [-0.05, 0) is 86.3 Å². The van der Waals surface area contributed by atoms with E-state index in [2.05, 4.69) is 16.5 Å². The van der Waals surface area contributed by atoms with E-state index in [1.165, 1.54) is 44.7 Å². The number of nitrogens with one attached hydrogen (secondary N) is 1. The number of nitriles is 1. The van der Waals surface area contributed by atoms with Crippen molar-refractivity contribution in [2.75, 3.05) is 12.4 Å². The highest BCUT2D eigenvalue weighted by Crippen LogP contribution is 2.61. The van der Waals surface area contributed by atoms with Gasteiger partial charge in [-0.3, -0.25) is 4.79 Å². The lowest BCUT2D eigenvalue weighted by Gasteiger charge is -2.56. The standard InChI is InChI=1S/C27H29N5O2/c1-16-6-23(30-25-21(16)4-3-5-22(25)34-2)32-26(20(14-28)15-29-32)31-24(33)13-27-10-17-7-18(11-27)9-19(8-17)12-27/h3-6,15,17-19H,7-13H2,1-2H3,(H,31,33). The first-order chi connectivity index (χ1) is 16.5. The highest BCUT2D eigenvalue weighted by atomic mass is 16.5. The maximum atomic E-state index is 13.3. The lowest BCUT2D eigenvalue weighted by Crippen LogP contribution is -2.47. The molecule has 4 bridgehead atoms. The summed E-state index contributed by atoms with van der Waals surface area (Å²) >= 11 is 0. The number of carbonyl (C=O) groups excluding carboxylic acids is 1. The van der Waals surface area contributed by atoms with Crippen LogP contribution in [0.5, 0.6) is 5.75 Å². The van der Waals surface area contributed by atoms with Gasteiger partial charge in [0.2, 0.25) is 5.91 Å². The van der Waals surface area contributed by atoms with Gasteiger partial charge in [0.15, 0.2) is 11.6 Å². The number of fused-ring (bicyclic) bond motifs is 1. The van der Waals surface area contributed by atoms with Crippen molar-refractivity contribution in [1.82, 2.24) is 14.8 Å². The van der Waals surface area contributed by atoms with Crippen LogP contribution in [0.2, 0.25) is 0 Å². The molecular weight excluding hydrogens is 426 g/mol. The molecule has 0 unspecified atom stereocenters. The van der Waals surface area contributed by atoms with E-state index in [9.17, 15) is 10.1 Å². The molecule has 34 heavy (non-hydrogen) atoms. The Labute approximate surface area is 199 Å². The van der Waals surface area contributed by atoms with Gasteiger partial charge >= 0.3 is 0 Å². The predicted molar refractivity (Wildman–Crippen MR) is 129 cm³/mol. The van der Waals surface area contributed by atoms with Crippen molar-refractivity contribution >= 4 is 22.6 Å². The molecule has 4 aliphatic rings. The van der Waals surface area contributed by atoms with Crippen LogP contribution in [0.25, 0.3) is 16.7 Å². The molecule has 1 N–H and O–H groups in total. The first-order valence-corrected chi connectivity index (χ1v) is 12.2. The Kier molecular flexibility index (Phi) is 4.87. The summed E-state index contributed by atoms with van der Waals surface area (Å²) in [7, 11) is 1.62. The molecule has 4 aliphatic carbocycles. The van der Waals surface area contributed by atoms with Gasteiger partial charge in [-0.1, -0.05) is 12.1 Å². The summed E-state index contributed by atoms with van der Waals surface area (Å²) in [6.45, 7) is 2.01. The summed E-state index contributed by atoms with van der Waals surface area (Å²) in [5, 5.41) is 18.2. The van der Waals surface area contributed by atoms with Crippen LogP contribution in [0.15, 0.2) is 30.5 Å². The van der Waals surface area contributed by atoms with Crippen LogP contribution < -0.4 is 10.1 Å². The van der Waals surface area contributed by atoms with E-state index in [0.717, 1.165) is 34.2 Å². The van der Waals surface area contributed by atoms with Gasteiger partial charge in [0, 0.05) is 11.8 Å². The van der Waals surface area contributed by atoms with Crippen LogP contribution >= 0.6 is 0 Å². The van der Waals surface area contributed by atoms with Gasteiger partial charge in [-0.15, -0.1) is 0 Å². The number of pyridine rings is 1. The Hall–Kier alpha value is -3.40. The Morgan fingerprint density at radius 2 is 1.94 bits per heavy atom. The van der Waals surface area contributed by atoms with E-state index in [4.69, 9.17) is 9.72 Å². The molecule has 7 heteroatoms. The van der Waals surface area contributed by atoms with Crippen molar-refractivity contribution in [2.45, 2.75) is 51.9 Å². The third-order valence-corrected chi connectivity index (χ3v) is 8.28. The fourth-order valence-corrected chi connectivity index (χ4v) is 7.39. The molecule has 7 rings (SSSR count). The van der Waals surface area contributed by atoms with Crippen LogP contribution in [-0.2, 0) is 4.79 Å². The van der Waals surface area contributed by atoms with Gasteiger partial charge in [0.1, 0.15) is 22.9 Å². The number of hydrogen-bond donors (Lipinski definition) is 1. The maximum Gasteiger partial charge on any atom is 0.226 e. The van der Waals surface area contributed by atoms with Gasteiger partial charge < -0.3 is 10.1 Å². The quantitative estimate of drug-likeness (QED) is 0.574. The van der Waals surface area contributed by atoms with E-state index in [1.807, 2.05) is 31.2 Å². The second-order valence-electron chi connectivity index (χ2n) is 10.7. The summed E-state index contributed by atoms with van der Waals surface area (Å²) in [6, 6.07) is 9.91. The Balaban J connectivity index is 1.32. The fraction of sp³-hybridized carbons (Fsp3) is 0.481. The number of amides is 1. The first kappa shape index (κ1) is 21.2. The molecule has 0 saturated heterocycles. The minimum absolute atomic E-state index is 0.0321. The highest BCUT2D eigenvalue weighted by molar-refractivity contribution is 5.92. The predicted octanol–water partition coefficient (Wildman–Crippen LogP) is 5.15. The van der Waals surface area contributed by atoms with Crippen LogP contribution in [0.3, 0.4) is 0 Å². The van der Waals surface area contributed by atoms with E-state index in [1.54, 1.807) is 11.8 Å². The smallest absolute Gasteiger partial charge is 0.226 e. The number of para-hydroxylation sites is 1. The molecule has 2 aromatic heterocycles. The molecule has 0 atom stereocenters. The molecule has 2 heterocycles. The van der Waals surface area contributed by atoms with E-state index < -0.39 is 0 Å². The Morgan fingerprint density at radius 1 is 1.24 bits per heavy atom. The van der Waals surface area contributed by atoms with Crippen LogP contribution in [-0.4, -0.2) is 27.8 Å². The second kappa shape index (κ2) is 7.83. The lowest BCUT2D eigenvalue weighted by molar-refractivity contribution is -0.124. The highest BCUT2D eigenvalue weighted by Gasteiger charge is 2.51. The number of methoxy groups -OCH3 is 1. The molecule has 1 amide bonds. The van der Waals surface area contributed by atoms with Crippen molar-refractivity contribution in [3.05, 3.63) is 41.6 Å². The number of nitrogens with zero attached hydrogens (tertiary/aromatic N) is 4. The van der Waals surface area contributed by atoms with Crippen LogP contribution in [0, 0.1) is 41.4 Å².